The Morgan fingerprint density at radius 1 is 1.62 bits per heavy atom. The Hall–Kier alpha value is -1.13. The highest BCUT2D eigenvalue weighted by atomic mass is 35.5. The average molecular weight is 137 g/mol. The van der Waals surface area contributed by atoms with Gasteiger partial charge >= 0.3 is 0 Å². The Morgan fingerprint density at radius 3 is 2.25 bits per heavy atom. The van der Waals surface area contributed by atoms with E-state index in [4.69, 9.17) is 11.3 Å². The molecule has 6 nitrogen and oxygen atoms in total. The van der Waals surface area contributed by atoms with E-state index in [1.54, 1.807) is 0 Å². The normalized spacial score (nSPS) is 8.75. The molecule has 0 fully saturated rings. The van der Waals surface area contributed by atoms with Crippen LogP contribution in [0.2, 0.25) is 0 Å². The van der Waals surface area contributed by atoms with E-state index in [9.17, 15) is 0 Å². The fourth-order valence-electron chi connectivity index (χ4n) is 0.0716. The van der Waals surface area contributed by atoms with Gasteiger partial charge in [0, 0.05) is 4.91 Å². The molecule has 0 heterocycles. The van der Waals surface area contributed by atoms with Crippen molar-refractivity contribution in [2.24, 2.45) is 21.8 Å². The highest BCUT2D eigenvalue weighted by Crippen LogP contribution is 1.64. The van der Waals surface area contributed by atoms with Crippen LogP contribution in [-0.2, 0) is 0 Å². The summed E-state index contributed by atoms with van der Waals surface area (Å²) in [6, 6.07) is 0. The Morgan fingerprint density at radius 2 is 2.12 bits per heavy atom. The minimum absolute atomic E-state index is 0. The molecular weight excluding hydrogens is 132 g/mol. The van der Waals surface area contributed by atoms with Crippen LogP contribution < -0.4 is 11.6 Å². The lowest BCUT2D eigenvalue weighted by Crippen LogP contribution is -2.08. The molecule has 0 aliphatic rings. The van der Waals surface area contributed by atoms with Gasteiger partial charge in [-0.3, -0.25) is 0 Å². The summed E-state index contributed by atoms with van der Waals surface area (Å²) >= 11 is 0. The summed E-state index contributed by atoms with van der Waals surface area (Å²) in [4.78, 5) is 2.30. The molecule has 0 aliphatic heterocycles. The Balaban J connectivity index is 0. The third-order valence-corrected chi connectivity index (χ3v) is 0.279. The van der Waals surface area contributed by atoms with Crippen LogP contribution in [0.4, 0.5) is 0 Å². The van der Waals surface area contributed by atoms with Crippen molar-refractivity contribution in [3.05, 3.63) is 10.4 Å². The Kier molecular flexibility index (Phi) is 7.32. The fourth-order valence-corrected chi connectivity index (χ4v) is 0.0716. The molecule has 0 bridgehead atoms. The van der Waals surface area contributed by atoms with Crippen LogP contribution in [0.25, 0.3) is 10.4 Å². The molecule has 0 unspecified atom stereocenters. The van der Waals surface area contributed by atoms with Crippen molar-refractivity contribution in [3.8, 4) is 0 Å². The molecule has 0 aromatic carbocycles. The predicted molar refractivity (Wildman–Crippen MR) is 32.2 cm³/mol. The third kappa shape index (κ3) is 4.87. The molecule has 0 spiro atoms. The van der Waals surface area contributed by atoms with Crippen LogP contribution in [-0.4, -0.2) is 5.96 Å². The van der Waals surface area contributed by atoms with Crippen molar-refractivity contribution in [1.29, 1.82) is 0 Å². The van der Waals surface area contributed by atoms with Gasteiger partial charge < -0.3 is 11.6 Å². The summed E-state index contributed by atoms with van der Waals surface area (Å²) in [7, 11) is 0. The summed E-state index contributed by atoms with van der Waals surface area (Å²) in [6.07, 6.45) is 0. The quantitative estimate of drug-likeness (QED) is 0.0922. The van der Waals surface area contributed by atoms with E-state index in [0.29, 0.717) is 0 Å². The largest absolute Gasteiger partial charge is 0.380 e. The zero-order valence-corrected chi connectivity index (χ0v) is 4.67. The standard InChI is InChI=1S/CH4N6.ClH/c2-1(5-3)6-7-4;/h3H2,(H2,2,5);1H. The van der Waals surface area contributed by atoms with Gasteiger partial charge in [0.1, 0.15) is 0 Å². The molecule has 0 aromatic rings. The van der Waals surface area contributed by atoms with Crippen LogP contribution >= 0.6 is 12.4 Å². The van der Waals surface area contributed by atoms with E-state index >= 15 is 0 Å². The summed E-state index contributed by atoms with van der Waals surface area (Å²) in [5.74, 6) is 4.29. The van der Waals surface area contributed by atoms with Crippen LogP contribution in [0.1, 0.15) is 0 Å². The van der Waals surface area contributed by atoms with Gasteiger partial charge in [0.2, 0.25) is 5.96 Å². The first-order chi connectivity index (χ1) is 3.31. The van der Waals surface area contributed by atoms with Crippen molar-refractivity contribution in [2.45, 2.75) is 0 Å². The molecule has 0 rings (SSSR count). The third-order valence-electron chi connectivity index (χ3n) is 0.279. The first-order valence-corrected chi connectivity index (χ1v) is 1.39. The van der Waals surface area contributed by atoms with Crippen molar-refractivity contribution >= 4 is 18.4 Å². The number of hydrogen-bond acceptors (Lipinski definition) is 2. The Labute approximate surface area is 51.6 Å². The lowest BCUT2D eigenvalue weighted by Gasteiger charge is -1.77. The van der Waals surface area contributed by atoms with Gasteiger partial charge in [-0.15, -0.1) is 12.4 Å². The van der Waals surface area contributed by atoms with Crippen molar-refractivity contribution in [2.75, 3.05) is 0 Å². The molecule has 7 heteroatoms. The van der Waals surface area contributed by atoms with E-state index in [1.165, 1.54) is 0 Å². The van der Waals surface area contributed by atoms with Crippen molar-refractivity contribution in [3.63, 3.8) is 0 Å². The molecule has 0 saturated heterocycles. The lowest BCUT2D eigenvalue weighted by molar-refractivity contribution is 1.21. The summed E-state index contributed by atoms with van der Waals surface area (Å²) in [6.45, 7) is 0. The van der Waals surface area contributed by atoms with Gasteiger partial charge in [-0.1, -0.05) is 0 Å². The second kappa shape index (κ2) is 5.87. The first-order valence-electron chi connectivity index (χ1n) is 1.39. The molecule has 0 atom stereocenters. The highest BCUT2D eigenvalue weighted by molar-refractivity contribution is 5.85. The number of rotatable bonds is 0. The maximum atomic E-state index is 7.61. The average Bonchev–Trinajstić information content (AvgIpc) is 1.68. The number of nitrogens with zero attached hydrogens (tertiary/aromatic N) is 4. The van der Waals surface area contributed by atoms with E-state index < -0.39 is 0 Å². The topological polar surface area (TPSA) is 113 Å². The monoisotopic (exact) mass is 136 g/mol. The van der Waals surface area contributed by atoms with Crippen LogP contribution in [0, 0.1) is 0 Å². The van der Waals surface area contributed by atoms with Gasteiger partial charge in [-0.25, -0.2) is 0 Å². The molecule has 4 N–H and O–H groups in total. The lowest BCUT2D eigenvalue weighted by atomic mass is 11.1. The van der Waals surface area contributed by atoms with Crippen LogP contribution in [0.3, 0.4) is 0 Å². The van der Waals surface area contributed by atoms with Gasteiger partial charge in [0.25, 0.3) is 0 Å². The van der Waals surface area contributed by atoms with E-state index in [2.05, 4.69) is 21.0 Å². The summed E-state index contributed by atoms with van der Waals surface area (Å²) in [5.41, 5.74) is 12.4. The zero-order valence-electron chi connectivity index (χ0n) is 3.85. The molecule has 46 valence electrons. The van der Waals surface area contributed by atoms with Gasteiger partial charge in [-0.2, -0.15) is 5.10 Å². The molecule has 0 aromatic heterocycles. The number of guanidine groups is 1. The molecule has 0 radical (unpaired) electrons. The molecule has 0 amide bonds. The number of halogens is 1. The smallest absolute Gasteiger partial charge is 0.207 e. The second-order valence-electron chi connectivity index (χ2n) is 0.677. The van der Waals surface area contributed by atoms with E-state index in [-0.39, 0.29) is 18.4 Å². The minimum atomic E-state index is -0.262. The van der Waals surface area contributed by atoms with Gasteiger partial charge in [0.15, 0.2) is 0 Å². The van der Waals surface area contributed by atoms with E-state index in [0.717, 1.165) is 0 Å². The van der Waals surface area contributed by atoms with Crippen molar-refractivity contribution < 1.29 is 0 Å². The number of hydrazone groups is 1. The molecule has 0 aliphatic carbocycles. The molecule has 0 saturated carbocycles. The van der Waals surface area contributed by atoms with Gasteiger partial charge in [-0.05, 0) is 10.6 Å². The maximum Gasteiger partial charge on any atom is 0.207 e. The van der Waals surface area contributed by atoms with Crippen molar-refractivity contribution in [1.82, 2.24) is 0 Å². The van der Waals surface area contributed by atoms with Gasteiger partial charge in [0.05, 0.1) is 0 Å². The predicted octanol–water partition coefficient (Wildman–Crippen LogP) is -0.0931. The van der Waals surface area contributed by atoms with Crippen LogP contribution in [0.5, 0.6) is 0 Å². The Bertz CT molecular complexity index is 120. The summed E-state index contributed by atoms with van der Waals surface area (Å²) in [5, 5.41) is 5.68. The minimum Gasteiger partial charge on any atom is -0.380 e. The number of hydrogen-bond donors (Lipinski definition) is 2. The first kappa shape index (κ1) is 9.98. The molecule has 8 heavy (non-hydrogen) atoms. The highest BCUT2D eigenvalue weighted by Gasteiger charge is 1.74. The zero-order chi connectivity index (χ0) is 5.70. The number of azide groups is 1. The van der Waals surface area contributed by atoms with E-state index in [1.807, 2.05) is 0 Å². The SMILES string of the molecule is Cl.[N-]=[N+]=N/C(N)=N/N. The molecular formula is CH5ClN6. The van der Waals surface area contributed by atoms with Crippen LogP contribution in [0.15, 0.2) is 10.2 Å². The fraction of sp³-hybridized carbons (Fsp3) is 0. The maximum absolute atomic E-state index is 7.61. The summed E-state index contributed by atoms with van der Waals surface area (Å²) < 4.78 is 0. The second-order valence-corrected chi connectivity index (χ2v) is 0.677. The number of nitrogens with two attached hydrogens (primary N) is 2.